The van der Waals surface area contributed by atoms with Crippen molar-refractivity contribution in [2.45, 2.75) is 0 Å². The Kier molecular flexibility index (Phi) is 1.62. The summed E-state index contributed by atoms with van der Waals surface area (Å²) in [7, 11) is -2.45. The molecule has 10 heavy (non-hydrogen) atoms. The Hall–Kier alpha value is -0.0300. The van der Waals surface area contributed by atoms with Gasteiger partial charge in [-0.1, -0.05) is 11.6 Å². The van der Waals surface area contributed by atoms with E-state index < -0.39 is 7.04 Å². The molecular formula is C6H5ClINO. The van der Waals surface area contributed by atoms with Crippen LogP contribution in [-0.2, 0) is 0 Å². The van der Waals surface area contributed by atoms with Crippen LogP contribution in [0.1, 0.15) is 4.11 Å². The number of ether oxygens (including phenoxy) is 1. The lowest BCUT2D eigenvalue weighted by Gasteiger charge is -2.00. The Labute approximate surface area is 81.9 Å². The van der Waals surface area contributed by atoms with Gasteiger partial charge in [0.05, 0.1) is 14.7 Å². The van der Waals surface area contributed by atoms with E-state index in [1.54, 1.807) is 0 Å². The molecule has 0 unspecified atom stereocenters. The minimum Gasteiger partial charge on any atom is -0.495 e. The highest BCUT2D eigenvalue weighted by atomic mass is 127. The van der Waals surface area contributed by atoms with E-state index in [0.717, 1.165) is 0 Å². The second-order valence-electron chi connectivity index (χ2n) is 1.54. The van der Waals surface area contributed by atoms with E-state index in [2.05, 4.69) is 9.72 Å². The molecule has 1 rings (SSSR count). The highest BCUT2D eigenvalue weighted by Gasteiger charge is 1.99. The molecule has 0 saturated carbocycles. The molecule has 54 valence electrons. The average molecular weight is 272 g/mol. The van der Waals surface area contributed by atoms with E-state index in [1.807, 2.05) is 22.6 Å². The van der Waals surface area contributed by atoms with E-state index in [0.29, 0.717) is 3.57 Å². The summed E-state index contributed by atoms with van der Waals surface area (Å²) in [6.07, 6.45) is 1.45. The Balaban J connectivity index is 2.94. The van der Waals surface area contributed by atoms with Crippen molar-refractivity contribution in [1.29, 1.82) is 0 Å². The van der Waals surface area contributed by atoms with Crippen molar-refractivity contribution in [2.24, 2.45) is 0 Å². The maximum atomic E-state index is 6.88. The van der Waals surface area contributed by atoms with Gasteiger partial charge in [-0.2, -0.15) is 0 Å². The van der Waals surface area contributed by atoms with Crippen LogP contribution >= 0.6 is 34.2 Å². The summed E-state index contributed by atoms with van der Waals surface area (Å²) in [6.45, 7) is 0. The number of hydrogen-bond acceptors (Lipinski definition) is 2. The van der Waals surface area contributed by atoms with Gasteiger partial charge in [-0.3, -0.25) is 0 Å². The number of halogens is 2. The van der Waals surface area contributed by atoms with Crippen LogP contribution in [0.25, 0.3) is 0 Å². The summed E-state index contributed by atoms with van der Waals surface area (Å²) in [5, 5.41) is 0.208. The fourth-order valence-corrected chi connectivity index (χ4v) is 1.03. The van der Waals surface area contributed by atoms with E-state index in [-0.39, 0.29) is 10.9 Å². The Morgan fingerprint density at radius 2 is 2.70 bits per heavy atom. The zero-order valence-electron chi connectivity index (χ0n) is 7.77. The molecule has 0 atom stereocenters. The molecule has 0 N–H and O–H groups in total. The summed E-state index contributed by atoms with van der Waals surface area (Å²) in [6, 6.07) is 1.37. The zero-order chi connectivity index (χ0) is 10.1. The van der Waals surface area contributed by atoms with Crippen molar-refractivity contribution in [3.05, 3.63) is 21.0 Å². The maximum Gasteiger partial charge on any atom is 0.136 e. The van der Waals surface area contributed by atoms with Crippen LogP contribution in [0.5, 0.6) is 5.75 Å². The number of nitrogens with zero attached hydrogens (tertiary/aromatic N) is 1. The van der Waals surface area contributed by atoms with E-state index >= 15 is 0 Å². The molecule has 0 amide bonds. The van der Waals surface area contributed by atoms with Crippen LogP contribution in [-0.4, -0.2) is 12.0 Å². The van der Waals surface area contributed by atoms with Crippen LogP contribution in [0.4, 0.5) is 0 Å². The minimum absolute atomic E-state index is 0.208. The maximum absolute atomic E-state index is 6.88. The number of rotatable bonds is 1. The lowest BCUT2D eigenvalue weighted by molar-refractivity contribution is 0.411. The van der Waals surface area contributed by atoms with Crippen LogP contribution in [0.15, 0.2) is 12.3 Å². The predicted octanol–water partition coefficient (Wildman–Crippen LogP) is 2.35. The SMILES string of the molecule is [2H]C([2H])([2H])Oc1cc(Cl)ncc1I. The van der Waals surface area contributed by atoms with E-state index in [4.69, 9.17) is 15.7 Å². The van der Waals surface area contributed by atoms with Gasteiger partial charge in [-0.25, -0.2) is 4.98 Å². The zero-order valence-corrected chi connectivity index (χ0v) is 7.68. The van der Waals surface area contributed by atoms with Crippen molar-refractivity contribution in [3.8, 4) is 5.75 Å². The first kappa shape index (κ1) is 4.77. The van der Waals surface area contributed by atoms with E-state index in [1.165, 1.54) is 12.3 Å². The first-order chi connectivity index (χ1) is 5.88. The van der Waals surface area contributed by atoms with Gasteiger partial charge >= 0.3 is 0 Å². The van der Waals surface area contributed by atoms with Crippen LogP contribution in [0.3, 0.4) is 0 Å². The molecule has 0 bridgehead atoms. The summed E-state index contributed by atoms with van der Waals surface area (Å²) in [4.78, 5) is 3.76. The lowest BCUT2D eigenvalue weighted by atomic mass is 10.5. The summed E-state index contributed by atoms with van der Waals surface area (Å²) in [5.41, 5.74) is 0. The molecule has 0 aliphatic rings. The van der Waals surface area contributed by atoms with Gasteiger partial charge in [0, 0.05) is 12.3 Å². The molecule has 2 nitrogen and oxygen atoms in total. The summed E-state index contributed by atoms with van der Waals surface area (Å²) >= 11 is 7.49. The van der Waals surface area contributed by atoms with Crippen LogP contribution in [0, 0.1) is 3.57 Å². The normalized spacial score (nSPS) is 15.2. The van der Waals surface area contributed by atoms with Gasteiger partial charge in [0.1, 0.15) is 10.9 Å². The van der Waals surface area contributed by atoms with Crippen molar-refractivity contribution >= 4 is 34.2 Å². The molecule has 1 heterocycles. The third-order valence-electron chi connectivity index (χ3n) is 0.897. The minimum atomic E-state index is -2.45. The van der Waals surface area contributed by atoms with Crippen molar-refractivity contribution in [2.75, 3.05) is 7.04 Å². The molecule has 0 spiro atoms. The number of hydrogen-bond donors (Lipinski definition) is 0. The molecule has 0 aromatic carbocycles. The number of methoxy groups -OCH3 is 1. The largest absolute Gasteiger partial charge is 0.495 e. The first-order valence-corrected chi connectivity index (χ1v) is 3.84. The second kappa shape index (κ2) is 3.39. The fraction of sp³-hybridized carbons (Fsp3) is 0.167. The van der Waals surface area contributed by atoms with Gasteiger partial charge in [0.15, 0.2) is 0 Å². The lowest BCUT2D eigenvalue weighted by Crippen LogP contribution is -1.87. The topological polar surface area (TPSA) is 22.1 Å². The quantitative estimate of drug-likeness (QED) is 0.578. The van der Waals surface area contributed by atoms with Gasteiger partial charge in [-0.15, -0.1) is 0 Å². The Bertz CT molecular complexity index is 317. The smallest absolute Gasteiger partial charge is 0.136 e. The average Bonchev–Trinajstić information content (AvgIpc) is 1.94. The molecule has 1 aromatic heterocycles. The van der Waals surface area contributed by atoms with Gasteiger partial charge < -0.3 is 4.74 Å². The molecular weight excluding hydrogens is 264 g/mol. The summed E-state index contributed by atoms with van der Waals surface area (Å²) in [5.74, 6) is 0.223. The molecule has 0 aliphatic heterocycles. The first-order valence-electron chi connectivity index (χ1n) is 3.88. The fourth-order valence-electron chi connectivity index (χ4n) is 0.475. The summed E-state index contributed by atoms with van der Waals surface area (Å²) < 4.78 is 25.9. The van der Waals surface area contributed by atoms with E-state index in [9.17, 15) is 0 Å². The third kappa shape index (κ3) is 1.73. The van der Waals surface area contributed by atoms with Crippen LogP contribution < -0.4 is 4.74 Å². The Morgan fingerprint density at radius 1 is 1.90 bits per heavy atom. The second-order valence-corrected chi connectivity index (χ2v) is 3.09. The van der Waals surface area contributed by atoms with Gasteiger partial charge in [0.2, 0.25) is 0 Å². The molecule has 0 radical (unpaired) electrons. The molecule has 4 heteroatoms. The van der Waals surface area contributed by atoms with Crippen molar-refractivity contribution < 1.29 is 8.85 Å². The highest BCUT2D eigenvalue weighted by molar-refractivity contribution is 14.1. The van der Waals surface area contributed by atoms with Gasteiger partial charge in [-0.05, 0) is 22.6 Å². The van der Waals surface area contributed by atoms with Crippen molar-refractivity contribution in [3.63, 3.8) is 0 Å². The molecule has 1 aromatic rings. The Morgan fingerprint density at radius 3 is 3.40 bits per heavy atom. The standard InChI is InChI=1S/C6H5ClINO/c1-10-5-2-6(7)9-3-4(5)8/h2-3H,1H3/i1D3. The highest BCUT2D eigenvalue weighted by Crippen LogP contribution is 2.21. The third-order valence-corrected chi connectivity index (χ3v) is 1.91. The molecule has 0 fully saturated rings. The van der Waals surface area contributed by atoms with Crippen LogP contribution in [0.2, 0.25) is 5.15 Å². The number of pyridine rings is 1. The molecule has 0 saturated heterocycles. The predicted molar refractivity (Wildman–Crippen MR) is 48.5 cm³/mol. The molecule has 0 aliphatic carbocycles. The number of aromatic nitrogens is 1. The monoisotopic (exact) mass is 272 g/mol. The van der Waals surface area contributed by atoms with Crippen molar-refractivity contribution in [1.82, 2.24) is 4.98 Å². The van der Waals surface area contributed by atoms with Gasteiger partial charge in [0.25, 0.3) is 0 Å².